The van der Waals surface area contributed by atoms with Gasteiger partial charge in [0.25, 0.3) is 0 Å². The first-order valence-electron chi connectivity index (χ1n) is 6.12. The van der Waals surface area contributed by atoms with Gasteiger partial charge in [-0.1, -0.05) is 6.92 Å². The van der Waals surface area contributed by atoms with Crippen LogP contribution in [0.2, 0.25) is 0 Å². The predicted molar refractivity (Wildman–Crippen MR) is 67.6 cm³/mol. The molecule has 0 aromatic carbocycles. The van der Waals surface area contributed by atoms with E-state index in [1.54, 1.807) is 0 Å². The van der Waals surface area contributed by atoms with Crippen LogP contribution in [-0.2, 0) is 13.0 Å². The van der Waals surface area contributed by atoms with Crippen LogP contribution in [0, 0.1) is 0 Å². The topological polar surface area (TPSA) is 28.4 Å². The molecule has 16 heavy (non-hydrogen) atoms. The minimum Gasteiger partial charge on any atom is -0.465 e. The van der Waals surface area contributed by atoms with Gasteiger partial charge in [0.2, 0.25) is 0 Å². The maximum absolute atomic E-state index is 5.61. The molecule has 1 rings (SSSR count). The van der Waals surface area contributed by atoms with E-state index >= 15 is 0 Å². The third kappa shape index (κ3) is 4.37. The monoisotopic (exact) mass is 224 g/mol. The quantitative estimate of drug-likeness (QED) is 0.720. The number of aryl methyl sites for hydroxylation is 1. The van der Waals surface area contributed by atoms with Crippen LogP contribution in [0.3, 0.4) is 0 Å². The molecule has 0 radical (unpaired) electrons. The third-order valence-electron chi connectivity index (χ3n) is 2.89. The molecule has 0 saturated heterocycles. The van der Waals surface area contributed by atoms with Crippen molar-refractivity contribution in [3.8, 4) is 0 Å². The summed E-state index contributed by atoms with van der Waals surface area (Å²) in [7, 11) is 2.15. The molecule has 1 aromatic heterocycles. The summed E-state index contributed by atoms with van der Waals surface area (Å²) in [6.45, 7) is 9.41. The highest BCUT2D eigenvalue weighted by atomic mass is 16.3. The van der Waals surface area contributed by atoms with Gasteiger partial charge in [-0.05, 0) is 33.0 Å². The zero-order chi connectivity index (χ0) is 12.0. The van der Waals surface area contributed by atoms with Crippen molar-refractivity contribution >= 4 is 0 Å². The van der Waals surface area contributed by atoms with Crippen LogP contribution >= 0.6 is 0 Å². The lowest BCUT2D eigenvalue weighted by Gasteiger charge is -2.20. The second-order valence-electron chi connectivity index (χ2n) is 4.47. The largest absolute Gasteiger partial charge is 0.465 e. The first-order valence-corrected chi connectivity index (χ1v) is 6.12. The minimum atomic E-state index is 0.608. The van der Waals surface area contributed by atoms with Crippen molar-refractivity contribution in [2.75, 3.05) is 20.1 Å². The Morgan fingerprint density at radius 1 is 1.31 bits per heavy atom. The van der Waals surface area contributed by atoms with Gasteiger partial charge < -0.3 is 14.6 Å². The van der Waals surface area contributed by atoms with Crippen LogP contribution in [-0.4, -0.2) is 31.1 Å². The van der Waals surface area contributed by atoms with Gasteiger partial charge in [0.1, 0.15) is 11.5 Å². The predicted octanol–water partition coefficient (Wildman–Crippen LogP) is 2.27. The van der Waals surface area contributed by atoms with E-state index in [1.807, 2.05) is 0 Å². The molecule has 3 nitrogen and oxygen atoms in total. The Morgan fingerprint density at radius 2 is 2.00 bits per heavy atom. The van der Waals surface area contributed by atoms with E-state index in [2.05, 4.69) is 50.2 Å². The second kappa shape index (κ2) is 6.71. The molecule has 1 heterocycles. The lowest BCUT2D eigenvalue weighted by Crippen LogP contribution is -2.33. The minimum absolute atomic E-state index is 0.608. The average molecular weight is 224 g/mol. The maximum Gasteiger partial charge on any atom is 0.117 e. The Hall–Kier alpha value is -0.800. The van der Waals surface area contributed by atoms with Crippen molar-refractivity contribution in [1.82, 2.24) is 10.2 Å². The Morgan fingerprint density at radius 3 is 2.56 bits per heavy atom. The van der Waals surface area contributed by atoms with E-state index in [0.29, 0.717) is 6.04 Å². The fraction of sp³-hybridized carbons (Fsp3) is 0.692. The first-order chi connectivity index (χ1) is 7.63. The molecule has 0 bridgehead atoms. The van der Waals surface area contributed by atoms with Crippen molar-refractivity contribution < 1.29 is 4.42 Å². The number of nitrogens with one attached hydrogen (secondary N) is 1. The molecule has 0 fully saturated rings. The van der Waals surface area contributed by atoms with Crippen LogP contribution in [0.15, 0.2) is 16.5 Å². The molecule has 0 spiro atoms. The van der Waals surface area contributed by atoms with Crippen molar-refractivity contribution in [2.45, 2.75) is 39.8 Å². The van der Waals surface area contributed by atoms with Gasteiger partial charge in [-0.15, -0.1) is 0 Å². The number of likely N-dealkylation sites (N-methyl/N-ethyl adjacent to an activating group) is 1. The van der Waals surface area contributed by atoms with E-state index in [1.165, 1.54) is 0 Å². The van der Waals surface area contributed by atoms with Crippen LogP contribution < -0.4 is 5.32 Å². The number of furan rings is 1. The summed E-state index contributed by atoms with van der Waals surface area (Å²) in [5.41, 5.74) is 0. The van der Waals surface area contributed by atoms with Gasteiger partial charge in [0, 0.05) is 25.6 Å². The fourth-order valence-corrected chi connectivity index (χ4v) is 1.43. The summed E-state index contributed by atoms with van der Waals surface area (Å²) in [6.07, 6.45) is 0.968. The summed E-state index contributed by atoms with van der Waals surface area (Å²) >= 11 is 0. The molecule has 3 heteroatoms. The molecule has 0 saturated carbocycles. The SMILES string of the molecule is CCc1ccc(CNCCN(C)C(C)C)o1. The summed E-state index contributed by atoms with van der Waals surface area (Å²) in [5, 5.41) is 3.39. The Kier molecular flexibility index (Phi) is 5.56. The van der Waals surface area contributed by atoms with Crippen LogP contribution in [0.1, 0.15) is 32.3 Å². The molecular formula is C13H24N2O. The van der Waals surface area contributed by atoms with Crippen molar-refractivity contribution in [3.05, 3.63) is 23.7 Å². The van der Waals surface area contributed by atoms with Crippen LogP contribution in [0.5, 0.6) is 0 Å². The molecule has 0 aliphatic rings. The molecule has 0 amide bonds. The second-order valence-corrected chi connectivity index (χ2v) is 4.47. The van der Waals surface area contributed by atoms with Gasteiger partial charge in [-0.25, -0.2) is 0 Å². The molecule has 1 aromatic rings. The highest BCUT2D eigenvalue weighted by Crippen LogP contribution is 2.07. The van der Waals surface area contributed by atoms with Gasteiger partial charge in [-0.2, -0.15) is 0 Å². The molecule has 0 atom stereocenters. The van der Waals surface area contributed by atoms with Gasteiger partial charge >= 0.3 is 0 Å². The summed E-state index contributed by atoms with van der Waals surface area (Å²) in [5.74, 6) is 2.10. The fourth-order valence-electron chi connectivity index (χ4n) is 1.43. The van der Waals surface area contributed by atoms with Crippen LogP contribution in [0.25, 0.3) is 0 Å². The summed E-state index contributed by atoms with van der Waals surface area (Å²) in [6, 6.07) is 4.71. The molecule has 0 aliphatic carbocycles. The Labute approximate surface area is 98.8 Å². The third-order valence-corrected chi connectivity index (χ3v) is 2.89. The molecule has 92 valence electrons. The number of nitrogens with zero attached hydrogens (tertiary/aromatic N) is 1. The van der Waals surface area contributed by atoms with Crippen molar-refractivity contribution in [2.24, 2.45) is 0 Å². The van der Waals surface area contributed by atoms with Gasteiger partial charge in [-0.3, -0.25) is 0 Å². The normalized spacial score (nSPS) is 11.6. The molecule has 0 aliphatic heterocycles. The zero-order valence-electron chi connectivity index (χ0n) is 10.9. The lowest BCUT2D eigenvalue weighted by molar-refractivity contribution is 0.272. The van der Waals surface area contributed by atoms with Crippen LogP contribution in [0.4, 0.5) is 0 Å². The average Bonchev–Trinajstić information content (AvgIpc) is 2.71. The maximum atomic E-state index is 5.61. The van der Waals surface area contributed by atoms with Gasteiger partial charge in [0.05, 0.1) is 6.54 Å². The van der Waals surface area contributed by atoms with E-state index in [9.17, 15) is 0 Å². The van der Waals surface area contributed by atoms with E-state index in [-0.39, 0.29) is 0 Å². The molecular weight excluding hydrogens is 200 g/mol. The Bertz CT molecular complexity index is 294. The Balaban J connectivity index is 2.16. The molecule has 0 unspecified atom stereocenters. The van der Waals surface area contributed by atoms with Gasteiger partial charge in [0.15, 0.2) is 0 Å². The standard InChI is InChI=1S/C13H24N2O/c1-5-12-6-7-13(16-12)10-14-8-9-15(4)11(2)3/h6-7,11,14H,5,8-10H2,1-4H3. The first kappa shape index (κ1) is 13.3. The van der Waals surface area contributed by atoms with E-state index in [4.69, 9.17) is 4.42 Å². The number of hydrogen-bond donors (Lipinski definition) is 1. The summed E-state index contributed by atoms with van der Waals surface area (Å²) in [4.78, 5) is 2.33. The smallest absolute Gasteiger partial charge is 0.117 e. The van der Waals surface area contributed by atoms with E-state index < -0.39 is 0 Å². The highest BCUT2D eigenvalue weighted by molar-refractivity contribution is 5.06. The summed E-state index contributed by atoms with van der Waals surface area (Å²) < 4.78 is 5.61. The van der Waals surface area contributed by atoms with Crippen molar-refractivity contribution in [3.63, 3.8) is 0 Å². The van der Waals surface area contributed by atoms with E-state index in [0.717, 1.165) is 37.6 Å². The number of hydrogen-bond acceptors (Lipinski definition) is 3. The number of rotatable bonds is 7. The highest BCUT2D eigenvalue weighted by Gasteiger charge is 2.03. The molecule has 1 N–H and O–H groups in total. The lowest BCUT2D eigenvalue weighted by atomic mass is 10.3. The van der Waals surface area contributed by atoms with Crippen molar-refractivity contribution in [1.29, 1.82) is 0 Å². The zero-order valence-corrected chi connectivity index (χ0v) is 10.9.